The maximum Gasteiger partial charge on any atom is -0.00199 e. The van der Waals surface area contributed by atoms with E-state index < -0.39 is 0 Å². The van der Waals surface area contributed by atoms with Crippen LogP contribution in [0.5, 0.6) is 0 Å². The summed E-state index contributed by atoms with van der Waals surface area (Å²) in [4.78, 5) is 0. The summed E-state index contributed by atoms with van der Waals surface area (Å²) in [5, 5.41) is 0. The van der Waals surface area contributed by atoms with Crippen molar-refractivity contribution in [2.24, 2.45) is 0 Å². The molecule has 0 aliphatic heterocycles. The Morgan fingerprint density at radius 3 is 1.85 bits per heavy atom. The normalized spacial score (nSPS) is 24.0. The van der Waals surface area contributed by atoms with Crippen LogP contribution in [-0.2, 0) is 0 Å². The second-order valence-electron chi connectivity index (χ2n) is 3.78. The lowest BCUT2D eigenvalue weighted by atomic mass is 9.96. The first-order valence-electron chi connectivity index (χ1n) is 4.89. The zero-order chi connectivity index (χ0) is 8.67. The van der Waals surface area contributed by atoms with Crippen LogP contribution >= 0.6 is 0 Å². The van der Waals surface area contributed by atoms with Crippen LogP contribution in [0.1, 0.15) is 19.3 Å². The van der Waals surface area contributed by atoms with Gasteiger partial charge in [0.05, 0.1) is 0 Å². The van der Waals surface area contributed by atoms with Crippen molar-refractivity contribution in [3.63, 3.8) is 0 Å². The third-order valence-electron chi connectivity index (χ3n) is 3.03. The van der Waals surface area contributed by atoms with Crippen molar-refractivity contribution in [1.82, 2.24) is 0 Å². The van der Waals surface area contributed by atoms with Crippen molar-refractivity contribution in [3.8, 4) is 0 Å². The SMILES string of the molecule is C1=CCC2=C3CC=CC=C3CC2=C1. The van der Waals surface area contributed by atoms with E-state index in [9.17, 15) is 0 Å². The largest absolute Gasteiger partial charge is 0.0801 e. The van der Waals surface area contributed by atoms with Gasteiger partial charge in [-0.3, -0.25) is 0 Å². The van der Waals surface area contributed by atoms with Gasteiger partial charge in [-0.05, 0) is 41.6 Å². The average Bonchev–Trinajstić information content (AvgIpc) is 2.56. The highest BCUT2D eigenvalue weighted by Crippen LogP contribution is 2.42. The summed E-state index contributed by atoms with van der Waals surface area (Å²) in [6.45, 7) is 0. The van der Waals surface area contributed by atoms with Gasteiger partial charge in [0.2, 0.25) is 0 Å². The second kappa shape index (κ2) is 2.59. The maximum absolute atomic E-state index is 2.27. The molecule has 0 aromatic heterocycles. The number of fused-ring (bicyclic) bond motifs is 2. The minimum Gasteiger partial charge on any atom is -0.0801 e. The first-order chi connectivity index (χ1) is 6.45. The fraction of sp³-hybridized carbons (Fsp3) is 0.231. The van der Waals surface area contributed by atoms with Crippen LogP contribution in [0.4, 0.5) is 0 Å². The molecule has 64 valence electrons. The Hall–Kier alpha value is -1.30. The van der Waals surface area contributed by atoms with E-state index in [1.807, 2.05) is 0 Å². The van der Waals surface area contributed by atoms with Crippen molar-refractivity contribution in [2.45, 2.75) is 19.3 Å². The van der Waals surface area contributed by atoms with Gasteiger partial charge in [0.1, 0.15) is 0 Å². The zero-order valence-corrected chi connectivity index (χ0v) is 7.59. The molecule has 0 unspecified atom stereocenters. The van der Waals surface area contributed by atoms with Crippen LogP contribution in [0.3, 0.4) is 0 Å². The number of hydrogen-bond donors (Lipinski definition) is 0. The van der Waals surface area contributed by atoms with Gasteiger partial charge >= 0.3 is 0 Å². The van der Waals surface area contributed by atoms with E-state index in [0.717, 1.165) is 12.8 Å². The maximum atomic E-state index is 2.27. The molecule has 0 nitrogen and oxygen atoms in total. The lowest BCUT2D eigenvalue weighted by Crippen LogP contribution is -1.89. The molecular weight excluding hydrogens is 156 g/mol. The molecule has 0 heteroatoms. The Morgan fingerprint density at radius 2 is 1.31 bits per heavy atom. The van der Waals surface area contributed by atoms with E-state index >= 15 is 0 Å². The second-order valence-corrected chi connectivity index (χ2v) is 3.78. The fourth-order valence-corrected chi connectivity index (χ4v) is 2.37. The molecule has 0 amide bonds. The van der Waals surface area contributed by atoms with Gasteiger partial charge in [-0.15, -0.1) is 0 Å². The molecule has 3 aliphatic rings. The lowest BCUT2D eigenvalue weighted by Gasteiger charge is -2.09. The van der Waals surface area contributed by atoms with Crippen molar-refractivity contribution >= 4 is 0 Å². The molecule has 3 rings (SSSR count). The Morgan fingerprint density at radius 1 is 0.769 bits per heavy atom. The summed E-state index contributed by atoms with van der Waals surface area (Å²) in [5.41, 5.74) is 6.29. The van der Waals surface area contributed by atoms with Crippen LogP contribution in [0.2, 0.25) is 0 Å². The molecule has 0 aromatic carbocycles. The van der Waals surface area contributed by atoms with Gasteiger partial charge in [0.15, 0.2) is 0 Å². The van der Waals surface area contributed by atoms with Crippen molar-refractivity contribution in [3.05, 3.63) is 58.7 Å². The van der Waals surface area contributed by atoms with Gasteiger partial charge < -0.3 is 0 Å². The highest BCUT2D eigenvalue weighted by molar-refractivity contribution is 5.60. The number of rotatable bonds is 0. The molecule has 0 saturated heterocycles. The molecule has 0 atom stereocenters. The molecule has 0 heterocycles. The fourth-order valence-electron chi connectivity index (χ4n) is 2.37. The average molecular weight is 168 g/mol. The van der Waals surface area contributed by atoms with Gasteiger partial charge in [0.25, 0.3) is 0 Å². The summed E-state index contributed by atoms with van der Waals surface area (Å²) in [6, 6.07) is 0. The predicted octanol–water partition coefficient (Wildman–Crippen LogP) is 3.46. The van der Waals surface area contributed by atoms with Crippen molar-refractivity contribution in [2.75, 3.05) is 0 Å². The Kier molecular flexibility index (Phi) is 1.42. The summed E-state index contributed by atoms with van der Waals surface area (Å²) in [5.74, 6) is 0. The summed E-state index contributed by atoms with van der Waals surface area (Å²) >= 11 is 0. The number of allylic oxidation sites excluding steroid dienone is 10. The minimum absolute atomic E-state index is 1.15. The molecule has 0 spiro atoms. The van der Waals surface area contributed by atoms with E-state index in [1.54, 1.807) is 22.3 Å². The van der Waals surface area contributed by atoms with E-state index in [2.05, 4.69) is 36.5 Å². The van der Waals surface area contributed by atoms with Crippen LogP contribution in [0.25, 0.3) is 0 Å². The summed E-state index contributed by atoms with van der Waals surface area (Å²) in [7, 11) is 0. The van der Waals surface area contributed by atoms with Crippen molar-refractivity contribution < 1.29 is 0 Å². The van der Waals surface area contributed by atoms with Gasteiger partial charge in [-0.25, -0.2) is 0 Å². The summed E-state index contributed by atoms with van der Waals surface area (Å²) < 4.78 is 0. The van der Waals surface area contributed by atoms with E-state index in [1.165, 1.54) is 6.42 Å². The van der Waals surface area contributed by atoms with E-state index in [4.69, 9.17) is 0 Å². The monoisotopic (exact) mass is 168 g/mol. The Bertz CT molecular complexity index is 360. The number of hydrogen-bond acceptors (Lipinski definition) is 0. The van der Waals surface area contributed by atoms with E-state index in [0.29, 0.717) is 0 Å². The van der Waals surface area contributed by atoms with Crippen LogP contribution < -0.4 is 0 Å². The van der Waals surface area contributed by atoms with Crippen LogP contribution in [0, 0.1) is 0 Å². The highest BCUT2D eigenvalue weighted by Gasteiger charge is 2.23. The van der Waals surface area contributed by atoms with Crippen LogP contribution in [0.15, 0.2) is 58.7 Å². The predicted molar refractivity (Wildman–Crippen MR) is 55.3 cm³/mol. The summed E-state index contributed by atoms with van der Waals surface area (Å²) in [6.07, 6.45) is 16.9. The first-order valence-corrected chi connectivity index (χ1v) is 4.89. The van der Waals surface area contributed by atoms with Gasteiger partial charge in [-0.2, -0.15) is 0 Å². The Labute approximate surface area is 78.7 Å². The molecule has 0 aromatic rings. The van der Waals surface area contributed by atoms with Crippen LogP contribution in [-0.4, -0.2) is 0 Å². The molecule has 3 aliphatic carbocycles. The molecule has 0 fully saturated rings. The molecule has 0 bridgehead atoms. The molecule has 13 heavy (non-hydrogen) atoms. The molecule has 0 N–H and O–H groups in total. The third kappa shape index (κ3) is 0.983. The topological polar surface area (TPSA) is 0 Å². The minimum atomic E-state index is 1.15. The molecular formula is C13H12. The zero-order valence-electron chi connectivity index (χ0n) is 7.59. The molecule has 0 saturated carbocycles. The third-order valence-corrected chi connectivity index (χ3v) is 3.03. The van der Waals surface area contributed by atoms with E-state index in [-0.39, 0.29) is 0 Å². The van der Waals surface area contributed by atoms with Gasteiger partial charge in [0, 0.05) is 0 Å². The lowest BCUT2D eigenvalue weighted by molar-refractivity contribution is 1.15. The first kappa shape index (κ1) is 7.14. The van der Waals surface area contributed by atoms with Crippen molar-refractivity contribution in [1.29, 1.82) is 0 Å². The highest BCUT2D eigenvalue weighted by atomic mass is 14.3. The Balaban J connectivity index is 2.14. The molecule has 0 radical (unpaired) electrons. The standard InChI is InChI=1S/C13H12/c1-3-7-12-10(5-1)9-11-6-2-4-8-13(11)12/h1-6H,7-9H2. The smallest absolute Gasteiger partial charge is 0.00199 e. The van der Waals surface area contributed by atoms with Gasteiger partial charge in [-0.1, -0.05) is 36.5 Å². The quantitative estimate of drug-likeness (QED) is 0.519.